The maximum absolute atomic E-state index is 11.3. The number of hydrogen-bond acceptors (Lipinski definition) is 4. The topological polar surface area (TPSA) is 57.5 Å². The van der Waals surface area contributed by atoms with E-state index in [2.05, 4.69) is 38.4 Å². The number of halogens is 1. The molecule has 0 spiro atoms. The lowest BCUT2D eigenvalue weighted by Crippen LogP contribution is -2.46. The lowest BCUT2D eigenvalue weighted by atomic mass is 10.0. The number of furan rings is 1. The first kappa shape index (κ1) is 15.5. The minimum Gasteiger partial charge on any atom is -0.453 e. The summed E-state index contributed by atoms with van der Waals surface area (Å²) in [4.78, 5) is 13.5. The summed E-state index contributed by atoms with van der Waals surface area (Å²) in [5.41, 5.74) is 0. The number of hydrogen-bond donors (Lipinski definition) is 2. The van der Waals surface area contributed by atoms with E-state index < -0.39 is 0 Å². The van der Waals surface area contributed by atoms with Gasteiger partial charge in [0.2, 0.25) is 5.91 Å². The molecule has 1 aliphatic heterocycles. The Labute approximate surface area is 128 Å². The molecule has 1 aliphatic rings. The Kier molecular flexibility index (Phi) is 5.63. The van der Waals surface area contributed by atoms with Crippen molar-refractivity contribution in [3.05, 3.63) is 22.6 Å². The molecule has 112 valence electrons. The number of likely N-dealkylation sites (tertiary alicyclic amines) is 1. The molecule has 20 heavy (non-hydrogen) atoms. The van der Waals surface area contributed by atoms with Crippen LogP contribution in [-0.4, -0.2) is 43.5 Å². The van der Waals surface area contributed by atoms with Crippen molar-refractivity contribution in [2.24, 2.45) is 0 Å². The summed E-state index contributed by atoms with van der Waals surface area (Å²) >= 11 is 3.32. The van der Waals surface area contributed by atoms with Gasteiger partial charge < -0.3 is 15.1 Å². The molecule has 2 heterocycles. The van der Waals surface area contributed by atoms with Crippen LogP contribution in [0.15, 0.2) is 21.2 Å². The van der Waals surface area contributed by atoms with E-state index in [9.17, 15) is 4.79 Å². The van der Waals surface area contributed by atoms with E-state index in [1.165, 1.54) is 0 Å². The predicted molar refractivity (Wildman–Crippen MR) is 81.5 cm³/mol. The number of amides is 1. The van der Waals surface area contributed by atoms with E-state index >= 15 is 0 Å². The SMILES string of the molecule is CNC(=O)CN1CCC(NC(C)c2ccc(Br)o2)CC1. The molecular formula is C14H22BrN3O2. The second-order valence-electron chi connectivity index (χ2n) is 5.25. The van der Waals surface area contributed by atoms with Gasteiger partial charge in [0.05, 0.1) is 12.6 Å². The van der Waals surface area contributed by atoms with Gasteiger partial charge >= 0.3 is 0 Å². The molecule has 2 rings (SSSR count). The molecule has 5 nitrogen and oxygen atoms in total. The summed E-state index contributed by atoms with van der Waals surface area (Å²) in [5, 5.41) is 6.26. The Bertz CT molecular complexity index is 441. The molecule has 0 aliphatic carbocycles. The molecule has 6 heteroatoms. The zero-order chi connectivity index (χ0) is 14.5. The summed E-state index contributed by atoms with van der Waals surface area (Å²) in [5.74, 6) is 1.04. The number of likely N-dealkylation sites (N-methyl/N-ethyl adjacent to an activating group) is 1. The first-order valence-electron chi connectivity index (χ1n) is 7.02. The first-order chi connectivity index (χ1) is 9.58. The van der Waals surface area contributed by atoms with Gasteiger partial charge in [0.1, 0.15) is 5.76 Å². The molecule has 1 atom stereocenters. The Morgan fingerprint density at radius 1 is 1.50 bits per heavy atom. The maximum atomic E-state index is 11.3. The van der Waals surface area contributed by atoms with Crippen molar-refractivity contribution in [2.45, 2.75) is 31.8 Å². The van der Waals surface area contributed by atoms with Gasteiger partial charge in [0.15, 0.2) is 4.67 Å². The third-order valence-electron chi connectivity index (χ3n) is 3.74. The van der Waals surface area contributed by atoms with Crippen molar-refractivity contribution in [1.82, 2.24) is 15.5 Å². The smallest absolute Gasteiger partial charge is 0.233 e. The highest BCUT2D eigenvalue weighted by atomic mass is 79.9. The van der Waals surface area contributed by atoms with Crippen LogP contribution in [0.3, 0.4) is 0 Å². The normalized spacial score (nSPS) is 18.9. The van der Waals surface area contributed by atoms with Crippen LogP contribution in [0.1, 0.15) is 31.6 Å². The summed E-state index contributed by atoms with van der Waals surface area (Å²) in [7, 11) is 1.68. The van der Waals surface area contributed by atoms with Crippen LogP contribution >= 0.6 is 15.9 Å². The Hall–Kier alpha value is -0.850. The summed E-state index contributed by atoms with van der Waals surface area (Å²) < 4.78 is 6.33. The highest BCUT2D eigenvalue weighted by Gasteiger charge is 2.22. The molecule has 1 fully saturated rings. The number of rotatable bonds is 5. The van der Waals surface area contributed by atoms with Crippen LogP contribution in [0, 0.1) is 0 Å². The fourth-order valence-electron chi connectivity index (χ4n) is 2.54. The second kappa shape index (κ2) is 7.24. The average Bonchev–Trinajstić information content (AvgIpc) is 2.87. The highest BCUT2D eigenvalue weighted by Crippen LogP contribution is 2.22. The molecular weight excluding hydrogens is 322 g/mol. The van der Waals surface area contributed by atoms with E-state index in [1.54, 1.807) is 7.05 Å². The van der Waals surface area contributed by atoms with Gasteiger partial charge in [-0.25, -0.2) is 0 Å². The van der Waals surface area contributed by atoms with Crippen LogP contribution in [-0.2, 0) is 4.79 Å². The highest BCUT2D eigenvalue weighted by molar-refractivity contribution is 9.10. The van der Waals surface area contributed by atoms with Gasteiger partial charge in [-0.1, -0.05) is 0 Å². The van der Waals surface area contributed by atoms with E-state index in [-0.39, 0.29) is 11.9 Å². The number of nitrogens with one attached hydrogen (secondary N) is 2. The van der Waals surface area contributed by atoms with Crippen molar-refractivity contribution in [2.75, 3.05) is 26.7 Å². The predicted octanol–water partition coefficient (Wildman–Crippen LogP) is 1.90. The molecule has 1 aromatic rings. The average molecular weight is 344 g/mol. The van der Waals surface area contributed by atoms with E-state index in [1.807, 2.05) is 12.1 Å². The molecule has 1 saturated heterocycles. The summed E-state index contributed by atoms with van der Waals surface area (Å²) in [6.45, 7) is 4.53. The van der Waals surface area contributed by atoms with Gasteiger partial charge in [0, 0.05) is 26.2 Å². The van der Waals surface area contributed by atoms with Crippen molar-refractivity contribution >= 4 is 21.8 Å². The van der Waals surface area contributed by atoms with E-state index in [0.717, 1.165) is 36.4 Å². The zero-order valence-electron chi connectivity index (χ0n) is 12.0. The third kappa shape index (κ3) is 4.33. The fraction of sp³-hybridized carbons (Fsp3) is 0.643. The van der Waals surface area contributed by atoms with Gasteiger partial charge in [-0.05, 0) is 47.8 Å². The number of piperidine rings is 1. The van der Waals surface area contributed by atoms with Gasteiger partial charge in [-0.15, -0.1) is 0 Å². The monoisotopic (exact) mass is 343 g/mol. The van der Waals surface area contributed by atoms with Crippen molar-refractivity contribution in [3.8, 4) is 0 Å². The number of carbonyl (C=O) groups is 1. The summed E-state index contributed by atoms with van der Waals surface area (Å²) in [6, 6.07) is 4.59. The minimum atomic E-state index is 0.0882. The largest absolute Gasteiger partial charge is 0.453 e. The molecule has 0 radical (unpaired) electrons. The Morgan fingerprint density at radius 2 is 2.20 bits per heavy atom. The van der Waals surface area contributed by atoms with E-state index in [4.69, 9.17) is 4.42 Å². The van der Waals surface area contributed by atoms with Gasteiger partial charge in [-0.3, -0.25) is 9.69 Å². The zero-order valence-corrected chi connectivity index (χ0v) is 13.6. The molecule has 1 aromatic heterocycles. The standard InChI is InChI=1S/C14H22BrN3O2/c1-10(12-3-4-13(15)20-12)17-11-5-7-18(8-6-11)9-14(19)16-2/h3-4,10-11,17H,5-9H2,1-2H3,(H,16,19). The number of carbonyl (C=O) groups excluding carboxylic acids is 1. The summed E-state index contributed by atoms with van der Waals surface area (Å²) in [6.07, 6.45) is 2.12. The Morgan fingerprint density at radius 3 is 2.75 bits per heavy atom. The molecule has 1 amide bonds. The van der Waals surface area contributed by atoms with Gasteiger partial charge in [-0.2, -0.15) is 0 Å². The first-order valence-corrected chi connectivity index (χ1v) is 7.82. The molecule has 0 bridgehead atoms. The maximum Gasteiger partial charge on any atom is 0.233 e. The molecule has 1 unspecified atom stereocenters. The molecule has 2 N–H and O–H groups in total. The van der Waals surface area contributed by atoms with Crippen molar-refractivity contribution in [3.63, 3.8) is 0 Å². The van der Waals surface area contributed by atoms with Crippen LogP contribution in [0.2, 0.25) is 0 Å². The Balaban J connectivity index is 1.75. The molecule has 0 aromatic carbocycles. The molecule has 0 saturated carbocycles. The van der Waals surface area contributed by atoms with E-state index in [0.29, 0.717) is 12.6 Å². The van der Waals surface area contributed by atoms with Crippen LogP contribution in [0.5, 0.6) is 0 Å². The van der Waals surface area contributed by atoms with Crippen LogP contribution in [0.25, 0.3) is 0 Å². The minimum absolute atomic E-state index is 0.0882. The lowest BCUT2D eigenvalue weighted by molar-refractivity contribution is -0.122. The fourth-order valence-corrected chi connectivity index (χ4v) is 2.86. The third-order valence-corrected chi connectivity index (χ3v) is 4.17. The van der Waals surface area contributed by atoms with Gasteiger partial charge in [0.25, 0.3) is 0 Å². The number of nitrogens with zero attached hydrogens (tertiary/aromatic N) is 1. The van der Waals surface area contributed by atoms with Crippen LogP contribution < -0.4 is 10.6 Å². The van der Waals surface area contributed by atoms with Crippen molar-refractivity contribution < 1.29 is 9.21 Å². The quantitative estimate of drug-likeness (QED) is 0.857. The van der Waals surface area contributed by atoms with Crippen molar-refractivity contribution in [1.29, 1.82) is 0 Å². The second-order valence-corrected chi connectivity index (χ2v) is 6.04. The lowest BCUT2D eigenvalue weighted by Gasteiger charge is -2.33. The van der Waals surface area contributed by atoms with Crippen LogP contribution in [0.4, 0.5) is 0 Å².